The minimum absolute atomic E-state index is 0.184. The minimum atomic E-state index is -0.357. The van der Waals surface area contributed by atoms with E-state index in [-0.39, 0.29) is 17.1 Å². The van der Waals surface area contributed by atoms with Crippen LogP contribution in [-0.4, -0.2) is 44.9 Å². The van der Waals surface area contributed by atoms with Crippen LogP contribution in [0.25, 0.3) is 0 Å². The fraction of sp³-hybridized carbons (Fsp3) is 0.259. The fourth-order valence-corrected chi connectivity index (χ4v) is 4.26. The summed E-state index contributed by atoms with van der Waals surface area (Å²) < 4.78 is 15.8. The number of ether oxygens (including phenoxy) is 3. The van der Waals surface area contributed by atoms with Gasteiger partial charge in [0.1, 0.15) is 5.75 Å². The van der Waals surface area contributed by atoms with Crippen LogP contribution < -0.4 is 24.8 Å². The molecule has 0 saturated heterocycles. The van der Waals surface area contributed by atoms with Gasteiger partial charge >= 0.3 is 0 Å². The summed E-state index contributed by atoms with van der Waals surface area (Å²) in [7, 11) is 4.79. The molecule has 0 fully saturated rings. The van der Waals surface area contributed by atoms with Crippen molar-refractivity contribution in [1.29, 1.82) is 0 Å². The Labute approximate surface area is 210 Å². The molecule has 0 unspecified atom stereocenters. The molecule has 3 aromatic rings. The zero-order valence-corrected chi connectivity index (χ0v) is 21.1. The molecule has 2 amide bonds. The third kappa shape index (κ3) is 7.16. The maximum absolute atomic E-state index is 12.9. The molecule has 35 heavy (non-hydrogen) atoms. The van der Waals surface area contributed by atoms with Crippen LogP contribution >= 0.6 is 11.8 Å². The normalized spacial score (nSPS) is 11.3. The number of amides is 2. The van der Waals surface area contributed by atoms with Gasteiger partial charge in [0.2, 0.25) is 5.91 Å². The number of methoxy groups -OCH3 is 3. The van der Waals surface area contributed by atoms with Crippen molar-refractivity contribution in [2.24, 2.45) is 0 Å². The number of para-hydroxylation sites is 1. The predicted octanol–water partition coefficient (Wildman–Crippen LogP) is 4.80. The Morgan fingerprint density at radius 1 is 0.886 bits per heavy atom. The molecule has 0 radical (unpaired) electrons. The first kappa shape index (κ1) is 26.0. The number of carbonyl (C=O) groups is 2. The number of carbonyl (C=O) groups excluding carboxylic acids is 2. The molecule has 0 saturated carbocycles. The lowest BCUT2D eigenvalue weighted by molar-refractivity contribution is -0.115. The summed E-state index contributed by atoms with van der Waals surface area (Å²) in [4.78, 5) is 26.6. The van der Waals surface area contributed by atoms with Crippen molar-refractivity contribution >= 4 is 29.3 Å². The van der Waals surface area contributed by atoms with E-state index in [1.165, 1.54) is 11.8 Å². The van der Waals surface area contributed by atoms with Crippen LogP contribution in [0.5, 0.6) is 17.2 Å². The Kier molecular flexibility index (Phi) is 9.43. The van der Waals surface area contributed by atoms with E-state index in [2.05, 4.69) is 10.6 Å². The van der Waals surface area contributed by atoms with Crippen molar-refractivity contribution in [1.82, 2.24) is 5.32 Å². The van der Waals surface area contributed by atoms with Gasteiger partial charge in [-0.2, -0.15) is 0 Å². The smallest absolute Gasteiger partial charge is 0.253 e. The van der Waals surface area contributed by atoms with Crippen LogP contribution in [0.3, 0.4) is 0 Å². The summed E-state index contributed by atoms with van der Waals surface area (Å²) in [6.07, 6.45) is 0.621. The Balaban J connectivity index is 1.58. The number of rotatable bonds is 11. The molecular weight excluding hydrogens is 464 g/mol. The first-order valence-electron chi connectivity index (χ1n) is 11.1. The van der Waals surface area contributed by atoms with Gasteiger partial charge in [0.25, 0.3) is 5.91 Å². The van der Waals surface area contributed by atoms with Crippen LogP contribution in [0, 0.1) is 0 Å². The molecule has 0 heterocycles. The summed E-state index contributed by atoms with van der Waals surface area (Å²) in [5.41, 5.74) is 1.90. The summed E-state index contributed by atoms with van der Waals surface area (Å²) in [5.74, 6) is 1.63. The van der Waals surface area contributed by atoms with Crippen LogP contribution in [0.4, 0.5) is 5.69 Å². The van der Waals surface area contributed by atoms with E-state index in [0.29, 0.717) is 35.7 Å². The average molecular weight is 495 g/mol. The Morgan fingerprint density at radius 2 is 1.60 bits per heavy atom. The molecular formula is C27H30N2O5S. The summed E-state index contributed by atoms with van der Waals surface area (Å²) in [6.45, 7) is 2.26. The van der Waals surface area contributed by atoms with Gasteiger partial charge in [-0.05, 0) is 67.4 Å². The van der Waals surface area contributed by atoms with Crippen molar-refractivity contribution < 1.29 is 23.8 Å². The SMILES string of the molecule is COc1ccc(S[C@@H](C)C(=O)Nc2ccccc2C(=O)NCCc2ccc(OC)c(OC)c2)cc1. The van der Waals surface area contributed by atoms with E-state index < -0.39 is 0 Å². The number of hydrogen-bond acceptors (Lipinski definition) is 6. The molecule has 7 nitrogen and oxygen atoms in total. The van der Waals surface area contributed by atoms with Crippen molar-refractivity contribution in [2.45, 2.75) is 23.5 Å². The van der Waals surface area contributed by atoms with E-state index in [1.54, 1.807) is 45.6 Å². The first-order chi connectivity index (χ1) is 16.9. The maximum Gasteiger partial charge on any atom is 0.253 e. The lowest BCUT2D eigenvalue weighted by atomic mass is 10.1. The number of anilines is 1. The van der Waals surface area contributed by atoms with E-state index >= 15 is 0 Å². The summed E-state index contributed by atoms with van der Waals surface area (Å²) in [5, 5.41) is 5.46. The third-order valence-electron chi connectivity index (χ3n) is 5.32. The molecule has 0 aliphatic heterocycles. The van der Waals surface area contributed by atoms with Crippen LogP contribution in [-0.2, 0) is 11.2 Å². The highest BCUT2D eigenvalue weighted by molar-refractivity contribution is 8.00. The predicted molar refractivity (Wildman–Crippen MR) is 139 cm³/mol. The fourth-order valence-electron chi connectivity index (χ4n) is 3.39. The maximum atomic E-state index is 12.9. The Morgan fingerprint density at radius 3 is 2.29 bits per heavy atom. The molecule has 3 aromatic carbocycles. The van der Waals surface area contributed by atoms with E-state index in [9.17, 15) is 9.59 Å². The average Bonchev–Trinajstić information content (AvgIpc) is 2.89. The highest BCUT2D eigenvalue weighted by Crippen LogP contribution is 2.28. The van der Waals surface area contributed by atoms with Gasteiger partial charge in [-0.1, -0.05) is 18.2 Å². The van der Waals surface area contributed by atoms with Gasteiger partial charge < -0.3 is 24.8 Å². The summed E-state index contributed by atoms with van der Waals surface area (Å²) in [6, 6.07) is 20.2. The molecule has 2 N–H and O–H groups in total. The van der Waals surface area contributed by atoms with Crippen LogP contribution in [0.2, 0.25) is 0 Å². The highest BCUT2D eigenvalue weighted by Gasteiger charge is 2.18. The van der Waals surface area contributed by atoms with Gasteiger partial charge in [-0.3, -0.25) is 9.59 Å². The number of thioether (sulfide) groups is 1. The molecule has 0 aromatic heterocycles. The summed E-state index contributed by atoms with van der Waals surface area (Å²) >= 11 is 1.43. The molecule has 0 aliphatic rings. The second kappa shape index (κ2) is 12.7. The Bertz CT molecular complexity index is 1150. The Hall–Kier alpha value is -3.65. The number of benzene rings is 3. The van der Waals surface area contributed by atoms with Crippen LogP contribution in [0.1, 0.15) is 22.8 Å². The van der Waals surface area contributed by atoms with Crippen LogP contribution in [0.15, 0.2) is 71.6 Å². The molecule has 0 bridgehead atoms. The molecule has 184 valence electrons. The topological polar surface area (TPSA) is 85.9 Å². The molecule has 8 heteroatoms. The van der Waals surface area contributed by atoms with Gasteiger partial charge in [0.15, 0.2) is 11.5 Å². The molecule has 3 rings (SSSR count). The van der Waals surface area contributed by atoms with E-state index in [1.807, 2.05) is 49.4 Å². The lowest BCUT2D eigenvalue weighted by Gasteiger charge is -2.15. The van der Waals surface area contributed by atoms with Gasteiger partial charge in [-0.15, -0.1) is 11.8 Å². The van der Waals surface area contributed by atoms with Gasteiger partial charge in [-0.25, -0.2) is 0 Å². The first-order valence-corrected chi connectivity index (χ1v) is 12.0. The monoisotopic (exact) mass is 494 g/mol. The van der Waals surface area contributed by atoms with Gasteiger partial charge in [0, 0.05) is 11.4 Å². The minimum Gasteiger partial charge on any atom is -0.497 e. The highest BCUT2D eigenvalue weighted by atomic mass is 32.2. The van der Waals surface area contributed by atoms with Crippen molar-refractivity contribution in [2.75, 3.05) is 33.2 Å². The number of nitrogens with one attached hydrogen (secondary N) is 2. The van der Waals surface area contributed by atoms with E-state index in [4.69, 9.17) is 14.2 Å². The third-order valence-corrected chi connectivity index (χ3v) is 6.43. The zero-order chi connectivity index (χ0) is 25.2. The second-order valence-electron chi connectivity index (χ2n) is 7.67. The largest absolute Gasteiger partial charge is 0.497 e. The quantitative estimate of drug-likeness (QED) is 0.372. The zero-order valence-electron chi connectivity index (χ0n) is 20.3. The second-order valence-corrected chi connectivity index (χ2v) is 9.08. The van der Waals surface area contributed by atoms with E-state index in [0.717, 1.165) is 16.2 Å². The van der Waals surface area contributed by atoms with Gasteiger partial charge in [0.05, 0.1) is 37.8 Å². The van der Waals surface area contributed by atoms with Crippen molar-refractivity contribution in [3.63, 3.8) is 0 Å². The lowest BCUT2D eigenvalue weighted by Crippen LogP contribution is -2.28. The molecule has 0 aliphatic carbocycles. The molecule has 0 spiro atoms. The molecule has 1 atom stereocenters. The number of hydrogen-bond donors (Lipinski definition) is 2. The standard InChI is InChI=1S/C27H30N2O5S/c1-18(35-21-12-10-20(32-2)11-13-21)26(30)29-23-8-6-5-7-22(23)27(31)28-16-15-19-9-14-24(33-3)25(17-19)34-4/h5-14,17-18H,15-16H2,1-4H3,(H,28,31)(H,29,30)/t18-/m0/s1. The van der Waals surface area contributed by atoms with Crippen molar-refractivity contribution in [3.05, 3.63) is 77.9 Å². The van der Waals surface area contributed by atoms with Crippen molar-refractivity contribution in [3.8, 4) is 17.2 Å².